The number of halogens is 2. The fraction of sp³-hybridized carbons (Fsp3) is 0.600. The molecule has 3 rings (SSSR count). The monoisotopic (exact) mass is 344 g/mol. The van der Waals surface area contributed by atoms with Gasteiger partial charge in [0.15, 0.2) is 0 Å². The van der Waals surface area contributed by atoms with E-state index in [0.717, 1.165) is 42.3 Å². The van der Waals surface area contributed by atoms with Gasteiger partial charge < -0.3 is 9.84 Å². The second-order valence-corrected chi connectivity index (χ2v) is 6.96. The summed E-state index contributed by atoms with van der Waals surface area (Å²) in [5.74, 6) is 0.251. The molecule has 1 saturated carbocycles. The Morgan fingerprint density at radius 3 is 2.89 bits per heavy atom. The lowest BCUT2D eigenvalue weighted by Gasteiger charge is -2.48. The molecule has 0 aromatic heterocycles. The van der Waals surface area contributed by atoms with Gasteiger partial charge in [0.05, 0.1) is 16.7 Å². The van der Waals surface area contributed by atoms with E-state index in [0.29, 0.717) is 5.02 Å². The Labute approximate surface area is 127 Å². The zero-order valence-electron chi connectivity index (χ0n) is 10.7. The van der Waals surface area contributed by atoms with E-state index in [1.807, 2.05) is 18.2 Å². The molecule has 2 unspecified atom stereocenters. The highest BCUT2D eigenvalue weighted by Crippen LogP contribution is 2.48. The molecule has 1 spiro atoms. The van der Waals surface area contributed by atoms with Crippen molar-refractivity contribution in [2.24, 2.45) is 5.92 Å². The Balaban J connectivity index is 1.79. The average molecular weight is 346 g/mol. The first-order valence-corrected chi connectivity index (χ1v) is 8.04. The molecule has 1 aliphatic heterocycles. The maximum absolute atomic E-state index is 10.6. The number of hydrogen-bond donors (Lipinski definition) is 1. The first-order chi connectivity index (χ1) is 9.11. The van der Waals surface area contributed by atoms with Crippen LogP contribution in [0.3, 0.4) is 0 Å². The molecule has 1 saturated heterocycles. The maximum atomic E-state index is 10.6. The zero-order chi connectivity index (χ0) is 13.5. The number of ether oxygens (including phenoxy) is 1. The Bertz CT molecular complexity index is 473. The Morgan fingerprint density at radius 1 is 1.42 bits per heavy atom. The van der Waals surface area contributed by atoms with Crippen LogP contribution in [0.1, 0.15) is 43.8 Å². The summed E-state index contributed by atoms with van der Waals surface area (Å²) < 4.78 is 6.76. The van der Waals surface area contributed by atoms with Crippen molar-refractivity contribution in [3.8, 4) is 0 Å². The first-order valence-electron chi connectivity index (χ1n) is 6.87. The topological polar surface area (TPSA) is 29.5 Å². The molecule has 0 amide bonds. The fourth-order valence-electron chi connectivity index (χ4n) is 3.26. The summed E-state index contributed by atoms with van der Waals surface area (Å²) in [6.07, 6.45) is 4.90. The quantitative estimate of drug-likeness (QED) is 0.856. The third-order valence-electron chi connectivity index (χ3n) is 4.54. The van der Waals surface area contributed by atoms with Gasteiger partial charge in [-0.3, -0.25) is 0 Å². The molecule has 2 fully saturated rings. The lowest BCUT2D eigenvalue weighted by Crippen LogP contribution is -2.46. The lowest BCUT2D eigenvalue weighted by molar-refractivity contribution is -0.157. The average Bonchev–Trinajstić information content (AvgIpc) is 2.39. The highest BCUT2D eigenvalue weighted by atomic mass is 79.9. The van der Waals surface area contributed by atoms with E-state index in [4.69, 9.17) is 16.3 Å². The summed E-state index contributed by atoms with van der Waals surface area (Å²) >= 11 is 9.71. The van der Waals surface area contributed by atoms with Crippen molar-refractivity contribution in [3.63, 3.8) is 0 Å². The van der Waals surface area contributed by atoms with Gasteiger partial charge in [0.2, 0.25) is 0 Å². The molecule has 1 heterocycles. The first kappa shape index (κ1) is 13.9. The normalized spacial score (nSPS) is 27.0. The van der Waals surface area contributed by atoms with Crippen LogP contribution in [-0.2, 0) is 4.74 Å². The lowest BCUT2D eigenvalue weighted by atomic mass is 9.70. The molecule has 104 valence electrons. The minimum atomic E-state index is -0.494. The summed E-state index contributed by atoms with van der Waals surface area (Å²) in [5, 5.41) is 11.3. The second-order valence-electron chi connectivity index (χ2n) is 5.73. The predicted molar refractivity (Wildman–Crippen MR) is 79.4 cm³/mol. The van der Waals surface area contributed by atoms with Crippen molar-refractivity contribution in [3.05, 3.63) is 33.3 Å². The highest BCUT2D eigenvalue weighted by molar-refractivity contribution is 9.10. The number of aliphatic hydroxyl groups excluding tert-OH is 1. The highest BCUT2D eigenvalue weighted by Gasteiger charge is 2.44. The van der Waals surface area contributed by atoms with Crippen molar-refractivity contribution in [1.82, 2.24) is 0 Å². The fourth-order valence-corrected chi connectivity index (χ4v) is 3.88. The molecule has 4 heteroatoms. The Hall–Kier alpha value is -0.0900. The summed E-state index contributed by atoms with van der Waals surface area (Å²) in [6, 6.07) is 5.74. The van der Waals surface area contributed by atoms with Gasteiger partial charge in [-0.2, -0.15) is 0 Å². The third-order valence-corrected chi connectivity index (χ3v) is 5.85. The van der Waals surface area contributed by atoms with Crippen LogP contribution >= 0.6 is 27.5 Å². The van der Waals surface area contributed by atoms with E-state index >= 15 is 0 Å². The van der Waals surface area contributed by atoms with Gasteiger partial charge in [-0.15, -0.1) is 0 Å². The van der Waals surface area contributed by atoms with Crippen molar-refractivity contribution >= 4 is 27.5 Å². The van der Waals surface area contributed by atoms with Gasteiger partial charge in [-0.25, -0.2) is 0 Å². The molecule has 1 aliphatic carbocycles. The van der Waals surface area contributed by atoms with Crippen molar-refractivity contribution in [1.29, 1.82) is 0 Å². The third kappa shape index (κ3) is 2.58. The van der Waals surface area contributed by atoms with Crippen LogP contribution in [0.25, 0.3) is 0 Å². The van der Waals surface area contributed by atoms with E-state index in [2.05, 4.69) is 15.9 Å². The largest absolute Gasteiger partial charge is 0.388 e. The predicted octanol–water partition coefficient (Wildman–Crippen LogP) is 4.49. The van der Waals surface area contributed by atoms with Crippen molar-refractivity contribution < 1.29 is 9.84 Å². The Morgan fingerprint density at radius 2 is 2.21 bits per heavy atom. The molecule has 19 heavy (non-hydrogen) atoms. The molecular formula is C15H18BrClO2. The van der Waals surface area contributed by atoms with Gasteiger partial charge in [0, 0.05) is 16.6 Å². The molecule has 1 aromatic carbocycles. The number of hydrogen-bond acceptors (Lipinski definition) is 2. The molecule has 2 nitrogen and oxygen atoms in total. The van der Waals surface area contributed by atoms with Gasteiger partial charge >= 0.3 is 0 Å². The van der Waals surface area contributed by atoms with Crippen LogP contribution in [0, 0.1) is 5.92 Å². The van der Waals surface area contributed by atoms with E-state index in [9.17, 15) is 5.11 Å². The van der Waals surface area contributed by atoms with E-state index in [-0.39, 0.29) is 11.5 Å². The molecule has 1 aromatic rings. The number of aliphatic hydroxyl groups is 1. The molecule has 0 bridgehead atoms. The standard InChI is InChI=1S/C15H18BrClO2/c16-12-4-1-3-11(13(12)17)14(18)10-5-8-19-15(9-10)6-2-7-15/h1,3-4,10,14,18H,2,5-9H2. The maximum Gasteiger partial charge on any atom is 0.0834 e. The molecule has 0 radical (unpaired) electrons. The number of benzene rings is 1. The Kier molecular flexibility index (Phi) is 3.91. The minimum absolute atomic E-state index is 0.0579. The van der Waals surface area contributed by atoms with Crippen LogP contribution in [-0.4, -0.2) is 17.3 Å². The van der Waals surface area contributed by atoms with Gasteiger partial charge in [-0.1, -0.05) is 23.7 Å². The smallest absolute Gasteiger partial charge is 0.0834 e. The van der Waals surface area contributed by atoms with Gasteiger partial charge in [-0.05, 0) is 60.0 Å². The summed E-state index contributed by atoms with van der Waals surface area (Å²) in [5.41, 5.74) is 0.889. The second kappa shape index (κ2) is 5.36. The van der Waals surface area contributed by atoms with Gasteiger partial charge in [0.1, 0.15) is 0 Å². The van der Waals surface area contributed by atoms with E-state index in [1.165, 1.54) is 6.42 Å². The molecule has 2 atom stereocenters. The van der Waals surface area contributed by atoms with Crippen LogP contribution < -0.4 is 0 Å². The molecular weight excluding hydrogens is 328 g/mol. The number of rotatable bonds is 2. The SMILES string of the molecule is OC(c1cccc(Br)c1Cl)C1CCOC2(CCC2)C1. The van der Waals surface area contributed by atoms with Crippen LogP contribution in [0.15, 0.2) is 22.7 Å². The zero-order valence-corrected chi connectivity index (χ0v) is 13.1. The van der Waals surface area contributed by atoms with Crippen molar-refractivity contribution in [2.45, 2.75) is 43.8 Å². The minimum Gasteiger partial charge on any atom is -0.388 e. The van der Waals surface area contributed by atoms with Crippen LogP contribution in [0.4, 0.5) is 0 Å². The molecule has 2 aliphatic rings. The van der Waals surface area contributed by atoms with Crippen LogP contribution in [0.2, 0.25) is 5.02 Å². The molecule has 1 N–H and O–H groups in total. The summed E-state index contributed by atoms with van der Waals surface area (Å²) in [6.45, 7) is 0.757. The van der Waals surface area contributed by atoms with Crippen LogP contribution in [0.5, 0.6) is 0 Å². The van der Waals surface area contributed by atoms with E-state index in [1.54, 1.807) is 0 Å². The van der Waals surface area contributed by atoms with Crippen molar-refractivity contribution in [2.75, 3.05) is 6.61 Å². The van der Waals surface area contributed by atoms with Gasteiger partial charge in [0.25, 0.3) is 0 Å². The summed E-state index contributed by atoms with van der Waals surface area (Å²) in [7, 11) is 0. The summed E-state index contributed by atoms with van der Waals surface area (Å²) in [4.78, 5) is 0. The van der Waals surface area contributed by atoms with E-state index < -0.39 is 6.10 Å².